The number of furan rings is 1. The second-order valence-corrected chi connectivity index (χ2v) is 8.68. The minimum Gasteiger partial charge on any atom is -0.480 e. The summed E-state index contributed by atoms with van der Waals surface area (Å²) in [4.78, 5) is 46.6. The number of hydrogen-bond acceptors (Lipinski definition) is 6. The molecule has 32 heavy (non-hydrogen) atoms. The monoisotopic (exact) mass is 442 g/mol. The third kappa shape index (κ3) is 4.99. The first kappa shape index (κ1) is 23.1. The Hall–Kier alpha value is -3.62. The molecule has 9 heteroatoms. The van der Waals surface area contributed by atoms with Gasteiger partial charge in [0, 0.05) is 34.4 Å². The van der Waals surface area contributed by atoms with Gasteiger partial charge >= 0.3 is 11.6 Å². The van der Waals surface area contributed by atoms with Crippen LogP contribution in [0.25, 0.3) is 21.9 Å². The van der Waals surface area contributed by atoms with Crippen molar-refractivity contribution in [2.75, 3.05) is 13.1 Å². The van der Waals surface area contributed by atoms with E-state index in [1.807, 2.05) is 13.0 Å². The van der Waals surface area contributed by atoms with Crippen molar-refractivity contribution < 1.29 is 28.3 Å². The van der Waals surface area contributed by atoms with E-state index < -0.39 is 30.0 Å². The summed E-state index contributed by atoms with van der Waals surface area (Å²) in [5.74, 6) is -2.22. The first-order valence-corrected chi connectivity index (χ1v) is 10.2. The minimum absolute atomic E-state index is 0.0233. The van der Waals surface area contributed by atoms with E-state index in [-0.39, 0.29) is 24.8 Å². The molecule has 0 spiro atoms. The highest BCUT2D eigenvalue weighted by Gasteiger charge is 2.22. The lowest BCUT2D eigenvalue weighted by Crippen LogP contribution is -2.39. The topological polar surface area (TPSA) is 139 Å². The van der Waals surface area contributed by atoms with E-state index in [9.17, 15) is 19.2 Å². The number of fused-ring (bicyclic) bond motifs is 2. The minimum atomic E-state index is -1.18. The van der Waals surface area contributed by atoms with Gasteiger partial charge < -0.3 is 24.6 Å². The van der Waals surface area contributed by atoms with E-state index in [1.165, 1.54) is 0 Å². The maximum absolute atomic E-state index is 12.5. The van der Waals surface area contributed by atoms with Crippen molar-refractivity contribution in [2.45, 2.75) is 46.0 Å². The van der Waals surface area contributed by atoms with Gasteiger partial charge in [0.25, 0.3) is 0 Å². The van der Waals surface area contributed by atoms with Gasteiger partial charge in [-0.05, 0) is 30.4 Å². The molecule has 3 rings (SSSR count). The van der Waals surface area contributed by atoms with E-state index in [4.69, 9.17) is 13.9 Å². The predicted octanol–water partition coefficient (Wildman–Crippen LogP) is 2.39. The quantitative estimate of drug-likeness (QED) is 0.478. The van der Waals surface area contributed by atoms with E-state index in [0.29, 0.717) is 16.7 Å². The molecule has 3 aromatic rings. The first-order valence-electron chi connectivity index (χ1n) is 10.2. The molecule has 0 bridgehead atoms. The zero-order valence-electron chi connectivity index (χ0n) is 18.5. The molecule has 2 amide bonds. The van der Waals surface area contributed by atoms with Crippen LogP contribution in [0.4, 0.5) is 0 Å². The maximum Gasteiger partial charge on any atom is 0.339 e. The van der Waals surface area contributed by atoms with Gasteiger partial charge in [-0.25, -0.2) is 4.79 Å². The average molecular weight is 442 g/mol. The molecule has 2 aromatic heterocycles. The van der Waals surface area contributed by atoms with Crippen molar-refractivity contribution in [1.29, 1.82) is 0 Å². The number of aryl methyl sites for hydroxylation is 1. The Balaban J connectivity index is 1.79. The Morgan fingerprint density at radius 2 is 1.69 bits per heavy atom. The summed E-state index contributed by atoms with van der Waals surface area (Å²) in [5.41, 5.74) is 2.57. The summed E-state index contributed by atoms with van der Waals surface area (Å²) < 4.78 is 11.2. The number of carbonyl (C=O) groups excluding carboxylic acids is 2. The van der Waals surface area contributed by atoms with Crippen LogP contribution in [0.2, 0.25) is 0 Å². The number of carboxylic acids is 1. The van der Waals surface area contributed by atoms with Crippen molar-refractivity contribution in [3.63, 3.8) is 0 Å². The summed E-state index contributed by atoms with van der Waals surface area (Å²) in [6, 6.07) is 3.66. The molecule has 0 aliphatic rings. The standard InChI is InChI=1S/C23H26N2O7/c1-12-13(5-6-19(26)24-9-20(27)25-10-21(28)29)22(30)32-18-8-17-15(7-14(12)18)16(11-31-17)23(2,3)4/h7-8,11H,5-6,9-10H2,1-4H3,(H,24,26)(H,25,27)(H,28,29). The van der Waals surface area contributed by atoms with Gasteiger partial charge in [-0.3, -0.25) is 14.4 Å². The van der Waals surface area contributed by atoms with Gasteiger partial charge in [0.2, 0.25) is 11.8 Å². The van der Waals surface area contributed by atoms with Crippen LogP contribution in [0.3, 0.4) is 0 Å². The van der Waals surface area contributed by atoms with Crippen LogP contribution in [-0.2, 0) is 26.2 Å². The summed E-state index contributed by atoms with van der Waals surface area (Å²) >= 11 is 0. The summed E-state index contributed by atoms with van der Waals surface area (Å²) in [7, 11) is 0. The fourth-order valence-corrected chi connectivity index (χ4v) is 3.52. The highest BCUT2D eigenvalue weighted by atomic mass is 16.4. The van der Waals surface area contributed by atoms with Crippen molar-refractivity contribution >= 4 is 39.7 Å². The fourth-order valence-electron chi connectivity index (χ4n) is 3.52. The van der Waals surface area contributed by atoms with E-state index in [2.05, 4.69) is 31.4 Å². The third-order valence-corrected chi connectivity index (χ3v) is 5.27. The van der Waals surface area contributed by atoms with Gasteiger partial charge in [-0.2, -0.15) is 0 Å². The Kier molecular flexibility index (Phi) is 6.38. The molecule has 0 radical (unpaired) electrons. The van der Waals surface area contributed by atoms with Crippen molar-refractivity contribution in [3.8, 4) is 0 Å². The number of carboxylic acid groups (broad SMARTS) is 1. The maximum atomic E-state index is 12.5. The fraction of sp³-hybridized carbons (Fsp3) is 0.391. The molecule has 0 saturated carbocycles. The molecule has 0 unspecified atom stereocenters. The SMILES string of the molecule is Cc1c(CCC(=O)NCC(=O)NCC(=O)O)c(=O)oc2cc3occ(C(C)(C)C)c3cc12. The van der Waals surface area contributed by atoms with Crippen LogP contribution in [0.5, 0.6) is 0 Å². The van der Waals surface area contributed by atoms with Gasteiger partial charge in [-0.15, -0.1) is 0 Å². The largest absolute Gasteiger partial charge is 0.480 e. The molecule has 0 saturated heterocycles. The van der Waals surface area contributed by atoms with Crippen molar-refractivity contribution in [1.82, 2.24) is 10.6 Å². The third-order valence-electron chi connectivity index (χ3n) is 5.27. The van der Waals surface area contributed by atoms with E-state index in [0.717, 1.165) is 21.9 Å². The molecule has 0 atom stereocenters. The zero-order chi connectivity index (χ0) is 23.6. The van der Waals surface area contributed by atoms with Crippen LogP contribution in [-0.4, -0.2) is 36.0 Å². The number of carbonyl (C=O) groups is 3. The van der Waals surface area contributed by atoms with Crippen molar-refractivity contribution in [3.05, 3.63) is 45.5 Å². The lowest BCUT2D eigenvalue weighted by atomic mass is 9.86. The molecule has 0 fully saturated rings. The highest BCUT2D eigenvalue weighted by molar-refractivity contribution is 5.97. The molecule has 170 valence electrons. The number of hydrogen-bond donors (Lipinski definition) is 3. The Labute approximate surface area is 183 Å². The average Bonchev–Trinajstić information content (AvgIpc) is 3.12. The first-order chi connectivity index (χ1) is 15.0. The molecule has 0 aliphatic carbocycles. The number of nitrogens with one attached hydrogen (secondary N) is 2. The van der Waals surface area contributed by atoms with Crippen LogP contribution in [0, 0.1) is 6.92 Å². The highest BCUT2D eigenvalue weighted by Crippen LogP contribution is 2.35. The zero-order valence-corrected chi connectivity index (χ0v) is 18.5. The molecule has 1 aromatic carbocycles. The Morgan fingerprint density at radius 1 is 1.00 bits per heavy atom. The molecule has 2 heterocycles. The van der Waals surface area contributed by atoms with Crippen LogP contribution in [0.15, 0.2) is 32.0 Å². The number of benzene rings is 1. The number of amides is 2. The lowest BCUT2D eigenvalue weighted by Gasteiger charge is -2.16. The van der Waals surface area contributed by atoms with E-state index >= 15 is 0 Å². The predicted molar refractivity (Wildman–Crippen MR) is 118 cm³/mol. The number of aliphatic carboxylic acids is 1. The molecular formula is C23H26N2O7. The van der Waals surface area contributed by atoms with Gasteiger partial charge in [0.05, 0.1) is 12.8 Å². The summed E-state index contributed by atoms with van der Waals surface area (Å²) in [5, 5.41) is 14.8. The smallest absolute Gasteiger partial charge is 0.339 e. The molecular weight excluding hydrogens is 416 g/mol. The lowest BCUT2D eigenvalue weighted by molar-refractivity contribution is -0.137. The van der Waals surface area contributed by atoms with Gasteiger partial charge in [-0.1, -0.05) is 20.8 Å². The van der Waals surface area contributed by atoms with Crippen LogP contribution >= 0.6 is 0 Å². The molecule has 3 N–H and O–H groups in total. The van der Waals surface area contributed by atoms with Gasteiger partial charge in [0.15, 0.2) is 0 Å². The summed E-state index contributed by atoms with van der Waals surface area (Å²) in [6.45, 7) is 7.22. The Morgan fingerprint density at radius 3 is 2.34 bits per heavy atom. The van der Waals surface area contributed by atoms with Crippen LogP contribution < -0.4 is 16.3 Å². The molecule has 0 aliphatic heterocycles. The summed E-state index contributed by atoms with van der Waals surface area (Å²) in [6.07, 6.45) is 1.83. The van der Waals surface area contributed by atoms with E-state index in [1.54, 1.807) is 12.3 Å². The molecule has 9 nitrogen and oxygen atoms in total. The van der Waals surface area contributed by atoms with Crippen molar-refractivity contribution in [2.24, 2.45) is 0 Å². The second-order valence-electron chi connectivity index (χ2n) is 8.68. The van der Waals surface area contributed by atoms with Crippen LogP contribution in [0.1, 0.15) is 43.9 Å². The van der Waals surface area contributed by atoms with Gasteiger partial charge in [0.1, 0.15) is 17.7 Å². The normalized spacial score (nSPS) is 11.6. The second kappa shape index (κ2) is 8.86. The Bertz CT molecular complexity index is 1260. The number of rotatable bonds is 7.